The SMILES string of the molecule is N#Cc1ccc(CC(=O)Nc2cccc([C@]34CN(c5ncc(F)cn5)C[C@H]3CSC(N)=N4)c2)nc1. The Balaban J connectivity index is 1.38. The molecule has 0 saturated carbocycles. The second-order valence-corrected chi connectivity index (χ2v) is 9.46. The van der Waals surface area contributed by atoms with Crippen LogP contribution in [0.15, 0.2) is 60.0 Å². The lowest BCUT2D eigenvalue weighted by atomic mass is 9.81. The van der Waals surface area contributed by atoms with Crippen LogP contribution in [0.3, 0.4) is 0 Å². The number of rotatable bonds is 5. The molecule has 35 heavy (non-hydrogen) atoms. The van der Waals surface area contributed by atoms with Crippen LogP contribution in [0.1, 0.15) is 16.8 Å². The zero-order valence-electron chi connectivity index (χ0n) is 18.6. The number of amidine groups is 1. The molecule has 1 aromatic carbocycles. The number of benzene rings is 1. The Labute approximate surface area is 205 Å². The molecule has 4 heterocycles. The average molecular weight is 489 g/mol. The number of nitrogens with zero attached hydrogens (tertiary/aromatic N) is 6. The van der Waals surface area contributed by atoms with Crippen molar-refractivity contribution in [3.8, 4) is 6.07 Å². The number of nitriles is 1. The molecule has 5 rings (SSSR count). The van der Waals surface area contributed by atoms with E-state index in [1.807, 2.05) is 35.2 Å². The van der Waals surface area contributed by atoms with Crippen LogP contribution in [-0.4, -0.2) is 44.9 Å². The third-order valence-electron chi connectivity index (χ3n) is 6.12. The van der Waals surface area contributed by atoms with E-state index in [4.69, 9.17) is 16.0 Å². The van der Waals surface area contributed by atoms with Gasteiger partial charge in [-0.15, -0.1) is 0 Å². The molecule has 1 amide bonds. The maximum absolute atomic E-state index is 13.3. The van der Waals surface area contributed by atoms with Gasteiger partial charge in [0.1, 0.15) is 11.6 Å². The molecule has 1 saturated heterocycles. The zero-order chi connectivity index (χ0) is 24.4. The molecule has 0 unspecified atom stereocenters. The maximum Gasteiger partial charge on any atom is 0.230 e. The summed E-state index contributed by atoms with van der Waals surface area (Å²) in [6, 6.07) is 12.9. The summed E-state index contributed by atoms with van der Waals surface area (Å²) in [5.41, 5.74) is 8.10. The van der Waals surface area contributed by atoms with Gasteiger partial charge >= 0.3 is 0 Å². The second kappa shape index (κ2) is 9.31. The second-order valence-electron chi connectivity index (χ2n) is 8.42. The van der Waals surface area contributed by atoms with Crippen molar-refractivity contribution >= 4 is 34.5 Å². The first-order valence-corrected chi connectivity index (χ1v) is 11.9. The lowest BCUT2D eigenvalue weighted by Gasteiger charge is -2.34. The fraction of sp³-hybridized carbons (Fsp3) is 0.250. The third kappa shape index (κ3) is 4.65. The Hall–Kier alpha value is -4.04. The van der Waals surface area contributed by atoms with Gasteiger partial charge in [-0.25, -0.2) is 19.4 Å². The van der Waals surface area contributed by atoms with Gasteiger partial charge in [0.25, 0.3) is 0 Å². The fourth-order valence-electron chi connectivity index (χ4n) is 4.48. The van der Waals surface area contributed by atoms with E-state index in [1.165, 1.54) is 18.0 Å². The number of pyridine rings is 1. The van der Waals surface area contributed by atoms with Crippen molar-refractivity contribution in [2.75, 3.05) is 29.1 Å². The predicted octanol–water partition coefficient (Wildman–Crippen LogP) is 2.46. The molecule has 0 aliphatic carbocycles. The summed E-state index contributed by atoms with van der Waals surface area (Å²) in [5.74, 6) is 0.634. The van der Waals surface area contributed by atoms with E-state index < -0.39 is 11.4 Å². The van der Waals surface area contributed by atoms with Gasteiger partial charge in [0.15, 0.2) is 11.0 Å². The van der Waals surface area contributed by atoms with Crippen molar-refractivity contribution in [2.45, 2.75) is 12.0 Å². The maximum atomic E-state index is 13.3. The summed E-state index contributed by atoms with van der Waals surface area (Å²) in [4.78, 5) is 32.0. The topological polar surface area (TPSA) is 133 Å². The molecular weight excluding hydrogens is 467 g/mol. The number of aliphatic imine (C=N–C) groups is 1. The van der Waals surface area contributed by atoms with Crippen LogP contribution in [0.25, 0.3) is 0 Å². The Morgan fingerprint density at radius 1 is 1.26 bits per heavy atom. The van der Waals surface area contributed by atoms with Gasteiger partial charge < -0.3 is 16.0 Å². The van der Waals surface area contributed by atoms with Crippen molar-refractivity contribution in [1.82, 2.24) is 15.0 Å². The first-order chi connectivity index (χ1) is 16.9. The number of aromatic nitrogens is 3. The molecule has 176 valence electrons. The smallest absolute Gasteiger partial charge is 0.230 e. The summed E-state index contributed by atoms with van der Waals surface area (Å²) < 4.78 is 13.3. The molecule has 11 heteroatoms. The molecule has 2 aliphatic heterocycles. The number of thioether (sulfide) groups is 1. The monoisotopic (exact) mass is 488 g/mol. The van der Waals surface area contributed by atoms with Crippen molar-refractivity contribution in [3.63, 3.8) is 0 Å². The molecule has 3 N–H and O–H groups in total. The van der Waals surface area contributed by atoms with E-state index >= 15 is 0 Å². The van der Waals surface area contributed by atoms with Gasteiger partial charge in [-0.05, 0) is 29.8 Å². The van der Waals surface area contributed by atoms with Crippen molar-refractivity contribution < 1.29 is 9.18 Å². The number of anilines is 2. The molecular formula is C24H21FN8OS. The number of nitrogens with two attached hydrogens (primary N) is 1. The molecule has 2 aliphatic rings. The largest absolute Gasteiger partial charge is 0.379 e. The highest BCUT2D eigenvalue weighted by molar-refractivity contribution is 8.13. The highest BCUT2D eigenvalue weighted by atomic mass is 32.2. The van der Waals surface area contributed by atoms with E-state index in [0.29, 0.717) is 41.2 Å². The van der Waals surface area contributed by atoms with Crippen molar-refractivity contribution in [1.29, 1.82) is 5.26 Å². The summed E-state index contributed by atoms with van der Waals surface area (Å²) in [5, 5.41) is 12.3. The van der Waals surface area contributed by atoms with E-state index in [2.05, 4.69) is 20.3 Å². The van der Waals surface area contributed by atoms with Gasteiger partial charge in [-0.3, -0.25) is 9.78 Å². The Bertz CT molecular complexity index is 1320. The van der Waals surface area contributed by atoms with E-state index in [-0.39, 0.29) is 18.2 Å². The summed E-state index contributed by atoms with van der Waals surface area (Å²) >= 11 is 1.51. The Kier molecular flexibility index (Phi) is 6.05. The van der Waals surface area contributed by atoms with Crippen molar-refractivity contribution in [2.24, 2.45) is 16.6 Å². The van der Waals surface area contributed by atoms with Gasteiger partial charge in [-0.1, -0.05) is 23.9 Å². The zero-order valence-corrected chi connectivity index (χ0v) is 19.4. The minimum Gasteiger partial charge on any atom is -0.379 e. The first-order valence-electron chi connectivity index (χ1n) is 10.9. The number of nitrogens with one attached hydrogen (secondary N) is 1. The van der Waals surface area contributed by atoms with Crippen molar-refractivity contribution in [3.05, 3.63) is 77.6 Å². The number of hydrogen-bond acceptors (Lipinski definition) is 9. The quantitative estimate of drug-likeness (QED) is 0.560. The molecule has 0 bridgehead atoms. The lowest BCUT2D eigenvalue weighted by molar-refractivity contribution is -0.115. The Morgan fingerprint density at radius 2 is 2.09 bits per heavy atom. The van der Waals surface area contributed by atoms with Crippen LogP contribution in [0.4, 0.5) is 16.0 Å². The summed E-state index contributed by atoms with van der Waals surface area (Å²) in [7, 11) is 0. The van der Waals surface area contributed by atoms with E-state index in [1.54, 1.807) is 12.1 Å². The number of fused-ring (bicyclic) bond motifs is 1. The normalized spacial score (nSPS) is 21.1. The van der Waals surface area contributed by atoms with Crippen LogP contribution in [0, 0.1) is 23.1 Å². The van der Waals surface area contributed by atoms with Crippen LogP contribution in [-0.2, 0) is 16.8 Å². The van der Waals surface area contributed by atoms with Crippen LogP contribution in [0.2, 0.25) is 0 Å². The van der Waals surface area contributed by atoms with Crippen LogP contribution < -0.4 is 16.0 Å². The summed E-state index contributed by atoms with van der Waals surface area (Å²) in [6.07, 6.45) is 3.84. The Morgan fingerprint density at radius 3 is 2.83 bits per heavy atom. The minimum absolute atomic E-state index is 0.0845. The number of carbonyl (C=O) groups excluding carboxylic acids is 1. The van der Waals surface area contributed by atoms with Gasteiger partial charge in [-0.2, -0.15) is 5.26 Å². The molecule has 2 aromatic heterocycles. The molecule has 0 spiro atoms. The average Bonchev–Trinajstić information content (AvgIpc) is 3.25. The summed E-state index contributed by atoms with van der Waals surface area (Å²) in [6.45, 7) is 1.13. The molecule has 1 fully saturated rings. The standard InChI is InChI=1S/C24H21FN8OS/c25-18-10-29-23(30-11-18)33-12-17-13-35-22(27)32-24(17,14-33)16-2-1-3-20(6-16)31-21(34)7-19-5-4-15(8-26)9-28-19/h1-6,9-11,17H,7,12-14H2,(H2,27,32)(H,31,34)/t17-,24+/m0/s1. The van der Waals surface area contributed by atoms with Gasteiger partial charge in [0.05, 0.1) is 30.9 Å². The molecule has 3 aromatic rings. The predicted molar refractivity (Wildman–Crippen MR) is 131 cm³/mol. The fourth-order valence-corrected chi connectivity index (χ4v) is 5.46. The highest BCUT2D eigenvalue weighted by Gasteiger charge is 2.50. The van der Waals surface area contributed by atoms with E-state index in [0.717, 1.165) is 23.7 Å². The molecule has 2 atom stereocenters. The number of halogens is 1. The van der Waals surface area contributed by atoms with Gasteiger partial charge in [0.2, 0.25) is 11.9 Å². The number of carbonyl (C=O) groups is 1. The van der Waals surface area contributed by atoms with Crippen LogP contribution >= 0.6 is 11.8 Å². The minimum atomic E-state index is -0.636. The molecule has 9 nitrogen and oxygen atoms in total. The van der Waals surface area contributed by atoms with E-state index in [9.17, 15) is 9.18 Å². The first kappa shape index (κ1) is 22.7. The van der Waals surface area contributed by atoms with Gasteiger partial charge in [0, 0.05) is 35.8 Å². The molecule has 0 radical (unpaired) electrons. The number of hydrogen-bond donors (Lipinski definition) is 2. The third-order valence-corrected chi connectivity index (χ3v) is 7.08. The van der Waals surface area contributed by atoms with Crippen LogP contribution in [0.5, 0.6) is 0 Å². The lowest BCUT2D eigenvalue weighted by Crippen LogP contribution is -2.40. The highest BCUT2D eigenvalue weighted by Crippen LogP contribution is 2.46. The number of amides is 1.